The quantitative estimate of drug-likeness (QED) is 0.524. The van der Waals surface area contributed by atoms with Gasteiger partial charge >= 0.3 is 5.69 Å². The lowest BCUT2D eigenvalue weighted by molar-refractivity contribution is 0.0982. The third-order valence-electron chi connectivity index (χ3n) is 4.99. The Kier molecular flexibility index (Phi) is 7.36. The topological polar surface area (TPSA) is 101 Å². The van der Waals surface area contributed by atoms with E-state index < -0.39 is 11.2 Å². The van der Waals surface area contributed by atoms with Gasteiger partial charge in [0.05, 0.1) is 12.1 Å². The molecule has 0 radical (unpaired) electrons. The summed E-state index contributed by atoms with van der Waals surface area (Å²) >= 11 is 1.45. The van der Waals surface area contributed by atoms with Crippen molar-refractivity contribution in [2.24, 2.45) is 0 Å². The van der Waals surface area contributed by atoms with Crippen LogP contribution in [0.3, 0.4) is 0 Å². The molecule has 3 N–H and O–H groups in total. The Hall–Kier alpha value is -3.26. The largest absolute Gasteiger partial charge is 0.383 e. The third kappa shape index (κ3) is 4.91. The molecule has 2 aromatic carbocycles. The maximum absolute atomic E-state index is 13.7. The smallest absolute Gasteiger partial charge is 0.330 e. The molecule has 0 spiro atoms. The molecule has 0 unspecified atom stereocenters. The van der Waals surface area contributed by atoms with E-state index in [1.165, 1.54) is 21.2 Å². The maximum atomic E-state index is 13.7. The van der Waals surface area contributed by atoms with Gasteiger partial charge in [-0.15, -0.1) is 11.8 Å². The molecule has 1 aromatic heterocycles. The first-order chi connectivity index (χ1) is 15.0. The number of nitrogens with one attached hydrogen (secondary N) is 1. The van der Waals surface area contributed by atoms with E-state index in [4.69, 9.17) is 5.73 Å². The summed E-state index contributed by atoms with van der Waals surface area (Å²) in [5, 5.41) is 0. The average molecular weight is 439 g/mol. The van der Waals surface area contributed by atoms with Gasteiger partial charge in [0.15, 0.2) is 5.69 Å². The van der Waals surface area contributed by atoms with Crippen LogP contribution >= 0.6 is 11.8 Å². The zero-order valence-corrected chi connectivity index (χ0v) is 18.4. The Bertz CT molecular complexity index is 1170. The molecular formula is C23H26N4O3S. The second-order valence-corrected chi connectivity index (χ2v) is 7.92. The number of carbonyl (C=O) groups excluding carboxylic acids is 1. The molecule has 0 aliphatic rings. The van der Waals surface area contributed by atoms with Crippen molar-refractivity contribution < 1.29 is 4.79 Å². The van der Waals surface area contributed by atoms with E-state index >= 15 is 0 Å². The second-order valence-electron chi connectivity index (χ2n) is 7.08. The zero-order valence-electron chi connectivity index (χ0n) is 17.6. The molecule has 0 bridgehead atoms. The number of hydrogen-bond donors (Lipinski definition) is 2. The van der Waals surface area contributed by atoms with E-state index in [0.717, 1.165) is 23.3 Å². The Morgan fingerprint density at radius 1 is 1.10 bits per heavy atom. The predicted molar refractivity (Wildman–Crippen MR) is 126 cm³/mol. The van der Waals surface area contributed by atoms with Gasteiger partial charge in [-0.3, -0.25) is 24.0 Å². The Morgan fingerprint density at radius 2 is 1.77 bits per heavy atom. The molecule has 7 nitrogen and oxygen atoms in total. The number of aromatic nitrogens is 2. The number of thioether (sulfide) groups is 1. The summed E-state index contributed by atoms with van der Waals surface area (Å²) in [6.07, 6.45) is 3.46. The lowest BCUT2D eigenvalue weighted by Gasteiger charge is -2.25. The van der Waals surface area contributed by atoms with Crippen LogP contribution in [0, 0.1) is 0 Å². The molecule has 3 aromatic rings. The average Bonchev–Trinajstić information content (AvgIpc) is 2.78. The van der Waals surface area contributed by atoms with Crippen LogP contribution in [0.5, 0.6) is 0 Å². The number of rotatable bonds is 8. The molecule has 162 valence electrons. The van der Waals surface area contributed by atoms with Crippen molar-refractivity contribution in [1.82, 2.24) is 9.55 Å². The van der Waals surface area contributed by atoms with Gasteiger partial charge in [-0.1, -0.05) is 55.8 Å². The minimum Gasteiger partial charge on any atom is -0.383 e. The number of anilines is 2. The predicted octanol–water partition coefficient (Wildman–Crippen LogP) is 3.49. The van der Waals surface area contributed by atoms with Crippen LogP contribution in [0.25, 0.3) is 0 Å². The molecule has 0 fully saturated rings. The van der Waals surface area contributed by atoms with Crippen LogP contribution < -0.4 is 21.9 Å². The Labute approximate surface area is 184 Å². The van der Waals surface area contributed by atoms with E-state index in [0.29, 0.717) is 12.1 Å². The molecule has 0 saturated heterocycles. The number of unbranched alkanes of at least 4 members (excludes halogenated alkanes) is 1. The van der Waals surface area contributed by atoms with E-state index in [9.17, 15) is 14.4 Å². The normalized spacial score (nSPS) is 10.8. The summed E-state index contributed by atoms with van der Waals surface area (Å²) in [6.45, 7) is 2.50. The highest BCUT2D eigenvalue weighted by molar-refractivity contribution is 7.98. The summed E-state index contributed by atoms with van der Waals surface area (Å²) in [6, 6.07) is 16.6. The summed E-state index contributed by atoms with van der Waals surface area (Å²) in [4.78, 5) is 43.4. The molecule has 1 heterocycles. The molecule has 8 heteroatoms. The van der Waals surface area contributed by atoms with Gasteiger partial charge < -0.3 is 5.73 Å². The van der Waals surface area contributed by atoms with Gasteiger partial charge in [0.25, 0.3) is 11.5 Å². The van der Waals surface area contributed by atoms with E-state index in [1.54, 1.807) is 12.1 Å². The van der Waals surface area contributed by atoms with Crippen molar-refractivity contribution in [3.63, 3.8) is 0 Å². The summed E-state index contributed by atoms with van der Waals surface area (Å²) < 4.78 is 1.33. The van der Waals surface area contributed by atoms with Gasteiger partial charge in [-0.25, -0.2) is 4.79 Å². The minimum absolute atomic E-state index is 0.00638. The molecule has 1 amide bonds. The van der Waals surface area contributed by atoms with Crippen LogP contribution in [0.15, 0.2) is 69.1 Å². The lowest BCUT2D eigenvalue weighted by atomic mass is 10.1. The number of carbonyl (C=O) groups is 1. The summed E-state index contributed by atoms with van der Waals surface area (Å²) in [5.41, 5.74) is 6.35. The molecule has 0 aliphatic heterocycles. The van der Waals surface area contributed by atoms with Crippen molar-refractivity contribution >= 4 is 29.2 Å². The molecular weight excluding hydrogens is 412 g/mol. The number of H-pyrrole nitrogens is 1. The zero-order chi connectivity index (χ0) is 22.4. The van der Waals surface area contributed by atoms with Crippen LogP contribution in [0.1, 0.15) is 35.7 Å². The second kappa shape index (κ2) is 10.2. The number of amides is 1. The van der Waals surface area contributed by atoms with Crippen molar-refractivity contribution in [3.8, 4) is 0 Å². The standard InChI is InChI=1S/C23H26N4O3S/c1-3-4-14-26-20(24)19(21(28)25-23(26)30)27(15-16-10-6-5-7-11-16)22(29)17-12-8-9-13-18(17)31-2/h5-13H,3-4,14-15,24H2,1-2H3,(H,25,28,30). The fraction of sp³-hybridized carbons (Fsp3) is 0.261. The van der Waals surface area contributed by atoms with E-state index in [2.05, 4.69) is 4.98 Å². The fourth-order valence-electron chi connectivity index (χ4n) is 3.36. The van der Waals surface area contributed by atoms with E-state index in [1.807, 2.05) is 55.6 Å². The van der Waals surface area contributed by atoms with Gasteiger partial charge in [0, 0.05) is 11.4 Å². The minimum atomic E-state index is -0.679. The molecule has 0 saturated carbocycles. The van der Waals surface area contributed by atoms with Crippen LogP contribution in [0.2, 0.25) is 0 Å². The maximum Gasteiger partial charge on any atom is 0.330 e. The molecule has 0 atom stereocenters. The first-order valence-electron chi connectivity index (χ1n) is 10.1. The highest BCUT2D eigenvalue weighted by Crippen LogP contribution is 2.26. The third-order valence-corrected chi connectivity index (χ3v) is 5.78. The number of nitrogens with zero attached hydrogens (tertiary/aromatic N) is 2. The Balaban J connectivity index is 2.18. The lowest BCUT2D eigenvalue weighted by Crippen LogP contribution is -2.41. The Morgan fingerprint density at radius 3 is 2.45 bits per heavy atom. The van der Waals surface area contributed by atoms with Gasteiger partial charge in [-0.2, -0.15) is 0 Å². The van der Waals surface area contributed by atoms with Crippen molar-refractivity contribution in [2.45, 2.75) is 37.8 Å². The van der Waals surface area contributed by atoms with Crippen LogP contribution in [-0.2, 0) is 13.1 Å². The summed E-state index contributed by atoms with van der Waals surface area (Å²) in [7, 11) is 0. The monoisotopic (exact) mass is 438 g/mol. The number of benzene rings is 2. The van der Waals surface area contributed by atoms with Crippen molar-refractivity contribution in [3.05, 3.63) is 86.6 Å². The molecule has 0 aliphatic carbocycles. The SMILES string of the molecule is CCCCn1c(N)c(N(Cc2ccccc2)C(=O)c2ccccc2SC)c(=O)[nH]c1=O. The molecule has 3 rings (SSSR count). The van der Waals surface area contributed by atoms with Crippen molar-refractivity contribution in [1.29, 1.82) is 0 Å². The number of nitrogens with two attached hydrogens (primary N) is 1. The van der Waals surface area contributed by atoms with E-state index in [-0.39, 0.29) is 24.0 Å². The number of nitrogen functional groups attached to an aromatic ring is 1. The number of aromatic amines is 1. The van der Waals surface area contributed by atoms with Crippen molar-refractivity contribution in [2.75, 3.05) is 16.9 Å². The first kappa shape index (κ1) is 22.4. The highest BCUT2D eigenvalue weighted by atomic mass is 32.2. The van der Waals surface area contributed by atoms with Crippen LogP contribution in [0.4, 0.5) is 11.5 Å². The highest BCUT2D eigenvalue weighted by Gasteiger charge is 2.26. The van der Waals surface area contributed by atoms with Gasteiger partial charge in [0.2, 0.25) is 0 Å². The van der Waals surface area contributed by atoms with Gasteiger partial charge in [-0.05, 0) is 30.4 Å². The number of hydrogen-bond acceptors (Lipinski definition) is 5. The first-order valence-corrected chi connectivity index (χ1v) is 11.3. The van der Waals surface area contributed by atoms with Crippen LogP contribution in [-0.4, -0.2) is 21.7 Å². The fourth-order valence-corrected chi connectivity index (χ4v) is 3.95. The summed E-state index contributed by atoms with van der Waals surface area (Å²) in [5.74, 6) is -0.361. The van der Waals surface area contributed by atoms with Gasteiger partial charge in [0.1, 0.15) is 5.82 Å². The molecule has 31 heavy (non-hydrogen) atoms.